The Hall–Kier alpha value is -1.68. The van der Waals surface area contributed by atoms with E-state index in [2.05, 4.69) is 25.7 Å². The van der Waals surface area contributed by atoms with Crippen LogP contribution in [0, 0.1) is 0 Å². The number of nitrogens with zero attached hydrogens (tertiary/aromatic N) is 3. The topological polar surface area (TPSA) is 103 Å². The maximum Gasteiger partial charge on any atom is 0.272 e. The summed E-state index contributed by atoms with van der Waals surface area (Å²) in [7, 11) is 0. The summed E-state index contributed by atoms with van der Waals surface area (Å²) in [6.45, 7) is 7.03. The summed E-state index contributed by atoms with van der Waals surface area (Å²) in [6.07, 6.45) is 1.21. The number of aromatic amines is 1. The fourth-order valence-electron chi connectivity index (χ4n) is 3.84. The number of halogens is 1. The lowest BCUT2D eigenvalue weighted by molar-refractivity contribution is -0.128. The smallest absolute Gasteiger partial charge is 0.272 e. The molecule has 2 amide bonds. The molecule has 3 aliphatic rings. The summed E-state index contributed by atoms with van der Waals surface area (Å²) in [5.74, 6) is -0.0895. The first-order valence-electron chi connectivity index (χ1n) is 9.36. The molecule has 1 aromatic rings. The number of rotatable bonds is 5. The number of amides is 2. The molecular weight excluding hydrogens is 372 g/mol. The van der Waals surface area contributed by atoms with Gasteiger partial charge in [-0.2, -0.15) is 5.10 Å². The largest absolute Gasteiger partial charge is 0.379 e. The fraction of sp³-hybridized carbons (Fsp3) is 0.706. The van der Waals surface area contributed by atoms with Gasteiger partial charge in [0.1, 0.15) is 0 Å². The minimum Gasteiger partial charge on any atom is -0.379 e. The summed E-state index contributed by atoms with van der Waals surface area (Å²) >= 11 is 0. The van der Waals surface area contributed by atoms with E-state index in [9.17, 15) is 9.59 Å². The van der Waals surface area contributed by atoms with E-state index in [1.165, 1.54) is 0 Å². The van der Waals surface area contributed by atoms with Gasteiger partial charge in [-0.1, -0.05) is 0 Å². The molecule has 0 spiro atoms. The van der Waals surface area contributed by atoms with Crippen LogP contribution >= 0.6 is 12.4 Å². The minimum absolute atomic E-state index is 0. The fourth-order valence-corrected chi connectivity index (χ4v) is 3.84. The van der Waals surface area contributed by atoms with Gasteiger partial charge in [0.15, 0.2) is 5.69 Å². The molecule has 0 bridgehead atoms. The molecule has 0 saturated carbocycles. The summed E-state index contributed by atoms with van der Waals surface area (Å²) in [4.78, 5) is 29.0. The van der Waals surface area contributed by atoms with Crippen LogP contribution in [0.1, 0.15) is 28.2 Å². The molecule has 0 aliphatic carbocycles. The van der Waals surface area contributed by atoms with E-state index in [0.717, 1.165) is 57.1 Å². The molecule has 1 atom stereocenters. The van der Waals surface area contributed by atoms with Crippen LogP contribution in [0.5, 0.6) is 0 Å². The SMILES string of the molecule is Cl.O=C(NC1CC(=O)N(CCN2CCOCC2)C1)c1n[nH]c2c1CNCC2. The average molecular weight is 399 g/mol. The van der Waals surface area contributed by atoms with Crippen molar-refractivity contribution in [2.24, 2.45) is 0 Å². The van der Waals surface area contributed by atoms with E-state index in [4.69, 9.17) is 4.74 Å². The van der Waals surface area contributed by atoms with Crippen molar-refractivity contribution in [1.29, 1.82) is 0 Å². The van der Waals surface area contributed by atoms with Crippen molar-refractivity contribution in [3.05, 3.63) is 17.0 Å². The molecule has 1 unspecified atom stereocenters. The number of fused-ring (bicyclic) bond motifs is 1. The first kappa shape index (κ1) is 20.1. The van der Waals surface area contributed by atoms with E-state index < -0.39 is 0 Å². The van der Waals surface area contributed by atoms with Gasteiger partial charge in [-0.25, -0.2) is 0 Å². The lowest BCUT2D eigenvalue weighted by Gasteiger charge is -2.28. The molecular formula is C17H27ClN6O3. The molecule has 3 aliphatic heterocycles. The molecule has 10 heteroatoms. The zero-order valence-electron chi connectivity index (χ0n) is 15.3. The molecule has 9 nitrogen and oxygen atoms in total. The number of carbonyl (C=O) groups is 2. The summed E-state index contributed by atoms with van der Waals surface area (Å²) < 4.78 is 5.35. The molecule has 4 heterocycles. The van der Waals surface area contributed by atoms with Crippen molar-refractivity contribution >= 4 is 24.2 Å². The highest BCUT2D eigenvalue weighted by atomic mass is 35.5. The molecule has 2 fully saturated rings. The number of likely N-dealkylation sites (tertiary alicyclic amines) is 1. The van der Waals surface area contributed by atoms with E-state index in [-0.39, 0.29) is 30.3 Å². The van der Waals surface area contributed by atoms with Crippen LogP contribution in [-0.4, -0.2) is 90.3 Å². The zero-order valence-corrected chi connectivity index (χ0v) is 16.1. The molecule has 0 aromatic carbocycles. The second-order valence-corrected chi connectivity index (χ2v) is 7.12. The Morgan fingerprint density at radius 3 is 2.93 bits per heavy atom. The Morgan fingerprint density at radius 2 is 2.11 bits per heavy atom. The second kappa shape index (κ2) is 9.01. The zero-order chi connectivity index (χ0) is 17.9. The van der Waals surface area contributed by atoms with Crippen molar-refractivity contribution < 1.29 is 14.3 Å². The maximum atomic E-state index is 12.6. The first-order chi connectivity index (χ1) is 12.7. The van der Waals surface area contributed by atoms with E-state index in [0.29, 0.717) is 31.7 Å². The van der Waals surface area contributed by atoms with Crippen LogP contribution in [0.25, 0.3) is 0 Å². The lowest BCUT2D eigenvalue weighted by Crippen LogP contribution is -2.43. The number of hydrogen-bond acceptors (Lipinski definition) is 6. The number of H-pyrrole nitrogens is 1. The Balaban J connectivity index is 0.00000210. The number of hydrogen-bond donors (Lipinski definition) is 3. The highest BCUT2D eigenvalue weighted by Gasteiger charge is 2.32. The minimum atomic E-state index is -0.195. The quantitative estimate of drug-likeness (QED) is 0.596. The number of nitrogens with one attached hydrogen (secondary N) is 3. The van der Waals surface area contributed by atoms with Crippen molar-refractivity contribution in [2.75, 3.05) is 52.5 Å². The van der Waals surface area contributed by atoms with Crippen LogP contribution in [0.3, 0.4) is 0 Å². The predicted molar refractivity (Wildman–Crippen MR) is 101 cm³/mol. The Kier molecular flexibility index (Phi) is 6.69. The van der Waals surface area contributed by atoms with Gasteiger partial charge in [0.2, 0.25) is 5.91 Å². The van der Waals surface area contributed by atoms with Gasteiger partial charge in [0, 0.05) is 69.9 Å². The number of ether oxygens (including phenoxy) is 1. The third kappa shape index (κ3) is 4.60. The Morgan fingerprint density at radius 1 is 1.30 bits per heavy atom. The summed E-state index contributed by atoms with van der Waals surface area (Å²) in [5.41, 5.74) is 2.43. The van der Waals surface area contributed by atoms with Crippen molar-refractivity contribution in [3.8, 4) is 0 Å². The predicted octanol–water partition coefficient (Wildman–Crippen LogP) is -0.860. The van der Waals surface area contributed by atoms with E-state index >= 15 is 0 Å². The van der Waals surface area contributed by atoms with Crippen molar-refractivity contribution in [2.45, 2.75) is 25.4 Å². The molecule has 4 rings (SSSR count). The van der Waals surface area contributed by atoms with Crippen molar-refractivity contribution in [3.63, 3.8) is 0 Å². The normalized spacial score (nSPS) is 23.0. The van der Waals surface area contributed by atoms with E-state index in [1.807, 2.05) is 4.90 Å². The third-order valence-corrected chi connectivity index (χ3v) is 5.36. The van der Waals surface area contributed by atoms with Gasteiger partial charge in [0.25, 0.3) is 5.91 Å². The third-order valence-electron chi connectivity index (χ3n) is 5.36. The van der Waals surface area contributed by atoms with Crippen molar-refractivity contribution in [1.82, 2.24) is 30.6 Å². The van der Waals surface area contributed by atoms with Gasteiger partial charge in [-0.15, -0.1) is 12.4 Å². The highest BCUT2D eigenvalue weighted by Crippen LogP contribution is 2.17. The lowest BCUT2D eigenvalue weighted by atomic mass is 10.1. The first-order valence-corrected chi connectivity index (χ1v) is 9.36. The molecule has 2 saturated heterocycles. The molecule has 27 heavy (non-hydrogen) atoms. The van der Waals surface area contributed by atoms with Crippen LogP contribution < -0.4 is 10.6 Å². The van der Waals surface area contributed by atoms with Gasteiger partial charge in [-0.05, 0) is 0 Å². The summed E-state index contributed by atoms with van der Waals surface area (Å²) in [6, 6.07) is -0.149. The summed E-state index contributed by atoms with van der Waals surface area (Å²) in [5, 5.41) is 13.4. The average Bonchev–Trinajstić information content (AvgIpc) is 3.24. The molecule has 3 N–H and O–H groups in total. The van der Waals surface area contributed by atoms with Gasteiger partial charge in [0.05, 0.1) is 19.3 Å². The molecule has 1 aromatic heterocycles. The van der Waals surface area contributed by atoms with Gasteiger partial charge in [-0.3, -0.25) is 19.6 Å². The maximum absolute atomic E-state index is 12.6. The number of aromatic nitrogens is 2. The van der Waals surface area contributed by atoms with Crippen LogP contribution in [0.15, 0.2) is 0 Å². The van der Waals surface area contributed by atoms with E-state index in [1.54, 1.807) is 0 Å². The molecule has 0 radical (unpaired) electrons. The number of morpholine rings is 1. The Labute approximate surface area is 164 Å². The van der Waals surface area contributed by atoms with Crippen LogP contribution in [-0.2, 0) is 22.5 Å². The monoisotopic (exact) mass is 398 g/mol. The second-order valence-electron chi connectivity index (χ2n) is 7.12. The number of carbonyl (C=O) groups excluding carboxylic acids is 2. The van der Waals surface area contributed by atoms with Gasteiger partial charge < -0.3 is 20.3 Å². The molecule has 150 valence electrons. The highest BCUT2D eigenvalue weighted by molar-refractivity contribution is 5.95. The Bertz CT molecular complexity index is 676. The van der Waals surface area contributed by atoms with Crippen LogP contribution in [0.4, 0.5) is 0 Å². The standard InChI is InChI=1S/C17H26N6O3.ClH/c24-15-9-12(11-23(15)4-3-22-5-7-26-8-6-22)19-17(25)16-13-10-18-2-1-14(13)20-21-16;/h12,18H,1-11H2,(H,19,25)(H,20,21);1H. The van der Waals surface area contributed by atoms with Crippen LogP contribution in [0.2, 0.25) is 0 Å². The van der Waals surface area contributed by atoms with Gasteiger partial charge >= 0.3 is 0 Å².